The van der Waals surface area contributed by atoms with Crippen molar-refractivity contribution in [3.8, 4) is 0 Å². The number of nitrogens with zero attached hydrogens (tertiary/aromatic N) is 2. The number of rotatable bonds is 4. The van der Waals surface area contributed by atoms with Crippen molar-refractivity contribution >= 4 is 10.2 Å². The lowest BCUT2D eigenvalue weighted by Gasteiger charge is -2.39. The Morgan fingerprint density at radius 3 is 2.15 bits per heavy atom. The number of nitrogens with two attached hydrogens (primary N) is 1. The highest BCUT2D eigenvalue weighted by Gasteiger charge is 2.38. The van der Waals surface area contributed by atoms with Gasteiger partial charge in [0.25, 0.3) is 10.2 Å². The van der Waals surface area contributed by atoms with Gasteiger partial charge in [0.2, 0.25) is 0 Å². The van der Waals surface area contributed by atoms with Crippen LogP contribution in [-0.2, 0) is 10.2 Å². The van der Waals surface area contributed by atoms with Crippen LogP contribution in [0.15, 0.2) is 0 Å². The Bertz CT molecular complexity index is 399. The Hall–Kier alpha value is -0.170. The molecule has 0 radical (unpaired) electrons. The first-order chi connectivity index (χ1) is 9.61. The van der Waals surface area contributed by atoms with Gasteiger partial charge in [-0.25, -0.2) is 0 Å². The summed E-state index contributed by atoms with van der Waals surface area (Å²) >= 11 is 0. The normalized spacial score (nSPS) is 31.1. The summed E-state index contributed by atoms with van der Waals surface area (Å²) in [6.07, 6.45) is 8.12. The van der Waals surface area contributed by atoms with E-state index in [2.05, 4.69) is 6.92 Å². The molecule has 2 atom stereocenters. The van der Waals surface area contributed by atoms with Crippen LogP contribution in [0, 0.1) is 0 Å². The predicted molar refractivity (Wildman–Crippen MR) is 81.6 cm³/mol. The highest BCUT2D eigenvalue weighted by molar-refractivity contribution is 7.86. The van der Waals surface area contributed by atoms with Crippen molar-refractivity contribution in [3.05, 3.63) is 0 Å². The molecule has 0 saturated carbocycles. The van der Waals surface area contributed by atoms with E-state index in [0.717, 1.165) is 51.4 Å². The first-order valence-electron chi connectivity index (χ1n) is 8.10. The Morgan fingerprint density at radius 1 is 0.950 bits per heavy atom. The molecule has 2 heterocycles. The minimum atomic E-state index is -3.34. The topological polar surface area (TPSA) is 66.6 Å². The lowest BCUT2D eigenvalue weighted by atomic mass is 10.1. The van der Waals surface area contributed by atoms with Crippen LogP contribution in [0.2, 0.25) is 0 Å². The summed E-state index contributed by atoms with van der Waals surface area (Å²) in [5, 5.41) is 0. The van der Waals surface area contributed by atoms with E-state index in [0.29, 0.717) is 19.6 Å². The monoisotopic (exact) mass is 303 g/mol. The van der Waals surface area contributed by atoms with Crippen molar-refractivity contribution < 1.29 is 8.42 Å². The molecular formula is C14H29N3O2S. The molecule has 2 aliphatic rings. The Balaban J connectivity index is 2.21. The van der Waals surface area contributed by atoms with Crippen LogP contribution in [0.5, 0.6) is 0 Å². The molecule has 6 heteroatoms. The Morgan fingerprint density at radius 2 is 1.50 bits per heavy atom. The second kappa shape index (κ2) is 7.20. The van der Waals surface area contributed by atoms with Crippen LogP contribution in [-0.4, -0.2) is 48.7 Å². The standard InChI is InChI=1S/C14H29N3O2S/c1-2-13-8-4-3-6-10-16(13)20(18,19)17-11-7-5-9-14(17)12-15/h13-14H,2-12,15H2,1H3. The smallest absolute Gasteiger partial charge is 0.282 e. The minimum Gasteiger partial charge on any atom is -0.329 e. The predicted octanol–water partition coefficient (Wildman–Crippen LogP) is 1.70. The van der Waals surface area contributed by atoms with E-state index in [4.69, 9.17) is 5.73 Å². The fraction of sp³-hybridized carbons (Fsp3) is 1.00. The maximum Gasteiger partial charge on any atom is 0.282 e. The quantitative estimate of drug-likeness (QED) is 0.859. The third kappa shape index (κ3) is 3.35. The van der Waals surface area contributed by atoms with Crippen molar-refractivity contribution in [2.75, 3.05) is 19.6 Å². The second-order valence-electron chi connectivity index (χ2n) is 6.03. The van der Waals surface area contributed by atoms with E-state index in [1.165, 1.54) is 0 Å². The number of hydrogen-bond donors (Lipinski definition) is 1. The van der Waals surface area contributed by atoms with E-state index in [1.807, 2.05) is 0 Å². The molecule has 0 spiro atoms. The lowest BCUT2D eigenvalue weighted by Crippen LogP contribution is -2.55. The first kappa shape index (κ1) is 16.2. The molecule has 0 amide bonds. The molecule has 2 saturated heterocycles. The molecule has 5 nitrogen and oxygen atoms in total. The van der Waals surface area contributed by atoms with Gasteiger partial charge in [0, 0.05) is 31.7 Å². The summed E-state index contributed by atoms with van der Waals surface area (Å²) in [7, 11) is -3.34. The van der Waals surface area contributed by atoms with Crippen LogP contribution in [0.1, 0.15) is 58.3 Å². The molecule has 2 aliphatic heterocycles. The van der Waals surface area contributed by atoms with Gasteiger partial charge in [-0.1, -0.05) is 26.2 Å². The Kier molecular flexibility index (Phi) is 5.84. The lowest BCUT2D eigenvalue weighted by molar-refractivity contribution is 0.218. The summed E-state index contributed by atoms with van der Waals surface area (Å²) in [5.41, 5.74) is 5.79. The van der Waals surface area contributed by atoms with Gasteiger partial charge in [0.05, 0.1) is 0 Å². The molecule has 2 fully saturated rings. The van der Waals surface area contributed by atoms with Gasteiger partial charge in [-0.3, -0.25) is 0 Å². The molecule has 0 bridgehead atoms. The van der Waals surface area contributed by atoms with Gasteiger partial charge in [-0.05, 0) is 32.1 Å². The van der Waals surface area contributed by atoms with E-state index in [1.54, 1.807) is 8.61 Å². The van der Waals surface area contributed by atoms with Crippen molar-refractivity contribution in [3.63, 3.8) is 0 Å². The largest absolute Gasteiger partial charge is 0.329 e. The molecular weight excluding hydrogens is 274 g/mol. The highest BCUT2D eigenvalue weighted by atomic mass is 32.2. The molecule has 0 aliphatic carbocycles. The Labute approximate surface area is 123 Å². The molecule has 2 unspecified atom stereocenters. The minimum absolute atomic E-state index is 0.00508. The van der Waals surface area contributed by atoms with Crippen molar-refractivity contribution in [1.29, 1.82) is 0 Å². The molecule has 2 N–H and O–H groups in total. The highest BCUT2D eigenvalue weighted by Crippen LogP contribution is 2.28. The molecule has 118 valence electrons. The zero-order chi connectivity index (χ0) is 14.6. The van der Waals surface area contributed by atoms with Crippen molar-refractivity contribution in [1.82, 2.24) is 8.61 Å². The van der Waals surface area contributed by atoms with Gasteiger partial charge < -0.3 is 5.73 Å². The summed E-state index contributed by atoms with van der Waals surface area (Å²) < 4.78 is 29.5. The first-order valence-corrected chi connectivity index (χ1v) is 9.49. The van der Waals surface area contributed by atoms with E-state index in [9.17, 15) is 8.42 Å². The van der Waals surface area contributed by atoms with Crippen LogP contribution < -0.4 is 5.73 Å². The van der Waals surface area contributed by atoms with Gasteiger partial charge in [0.15, 0.2) is 0 Å². The molecule has 0 aromatic rings. The molecule has 20 heavy (non-hydrogen) atoms. The van der Waals surface area contributed by atoms with Crippen LogP contribution >= 0.6 is 0 Å². The van der Waals surface area contributed by atoms with Crippen LogP contribution in [0.3, 0.4) is 0 Å². The third-order valence-electron chi connectivity index (χ3n) is 4.73. The fourth-order valence-corrected chi connectivity index (χ4v) is 5.70. The maximum absolute atomic E-state index is 13.0. The maximum atomic E-state index is 13.0. The fourth-order valence-electron chi connectivity index (χ4n) is 3.51. The second-order valence-corrected chi connectivity index (χ2v) is 7.86. The zero-order valence-electron chi connectivity index (χ0n) is 12.6. The average Bonchev–Trinajstić information content (AvgIpc) is 2.72. The van der Waals surface area contributed by atoms with Crippen LogP contribution in [0.25, 0.3) is 0 Å². The summed E-state index contributed by atoms with van der Waals surface area (Å²) in [5.74, 6) is 0. The zero-order valence-corrected chi connectivity index (χ0v) is 13.4. The van der Waals surface area contributed by atoms with Gasteiger partial charge >= 0.3 is 0 Å². The molecule has 0 aromatic carbocycles. The molecule has 0 aromatic heterocycles. The SMILES string of the molecule is CCC1CCCCCN1S(=O)(=O)N1CCCCC1CN. The van der Waals surface area contributed by atoms with Crippen LogP contribution in [0.4, 0.5) is 0 Å². The number of piperidine rings is 1. The third-order valence-corrected chi connectivity index (χ3v) is 6.88. The average molecular weight is 303 g/mol. The number of hydrogen-bond acceptors (Lipinski definition) is 3. The van der Waals surface area contributed by atoms with Crippen molar-refractivity contribution in [2.45, 2.75) is 70.4 Å². The summed E-state index contributed by atoms with van der Waals surface area (Å²) in [6, 6.07) is 0.164. The van der Waals surface area contributed by atoms with Gasteiger partial charge in [-0.2, -0.15) is 17.0 Å². The summed E-state index contributed by atoms with van der Waals surface area (Å²) in [4.78, 5) is 0. The van der Waals surface area contributed by atoms with Gasteiger partial charge in [0.1, 0.15) is 0 Å². The van der Waals surface area contributed by atoms with Crippen molar-refractivity contribution in [2.24, 2.45) is 5.73 Å². The van der Waals surface area contributed by atoms with E-state index in [-0.39, 0.29) is 12.1 Å². The van der Waals surface area contributed by atoms with E-state index >= 15 is 0 Å². The summed E-state index contributed by atoms with van der Waals surface area (Å²) in [6.45, 7) is 3.84. The molecule has 2 rings (SSSR count). The van der Waals surface area contributed by atoms with E-state index < -0.39 is 10.2 Å². The van der Waals surface area contributed by atoms with Gasteiger partial charge in [-0.15, -0.1) is 0 Å².